The Labute approximate surface area is 115 Å². The lowest BCUT2D eigenvalue weighted by molar-refractivity contribution is 0.948. The number of nitrogens with one attached hydrogen (secondary N) is 1. The van der Waals surface area contributed by atoms with Crippen molar-refractivity contribution in [1.29, 1.82) is 0 Å². The van der Waals surface area contributed by atoms with Crippen molar-refractivity contribution in [2.45, 2.75) is 13.3 Å². The number of nitrogens with zero attached hydrogens (tertiary/aromatic N) is 2. The van der Waals surface area contributed by atoms with Crippen LogP contribution in [0.25, 0.3) is 0 Å². The van der Waals surface area contributed by atoms with E-state index in [0.29, 0.717) is 27.5 Å². The highest BCUT2D eigenvalue weighted by Crippen LogP contribution is 2.26. The van der Waals surface area contributed by atoms with E-state index in [9.17, 15) is 0 Å². The lowest BCUT2D eigenvalue weighted by Gasteiger charge is -2.08. The van der Waals surface area contributed by atoms with E-state index in [-0.39, 0.29) is 0 Å². The van der Waals surface area contributed by atoms with Crippen LogP contribution in [-0.4, -0.2) is 9.97 Å². The molecule has 0 aliphatic rings. The van der Waals surface area contributed by atoms with Crippen molar-refractivity contribution in [2.24, 2.45) is 0 Å². The van der Waals surface area contributed by atoms with Crippen molar-refractivity contribution >= 4 is 40.5 Å². The molecule has 0 bridgehead atoms. The number of aromatic nitrogens is 2. The summed E-state index contributed by atoms with van der Waals surface area (Å²) in [4.78, 5) is 8.43. The standard InChI is InChI=1S/C12H12Cl2N4/c1-2-11-17-10(15)6-12(18-11)16-7-3-4-8(13)9(14)5-7/h3-6H,2H2,1H3,(H3,15,16,17,18). The number of aryl methyl sites for hydroxylation is 1. The molecule has 1 heterocycles. The quantitative estimate of drug-likeness (QED) is 0.902. The second-order valence-electron chi connectivity index (χ2n) is 3.70. The van der Waals surface area contributed by atoms with Crippen molar-refractivity contribution in [3.8, 4) is 0 Å². The second kappa shape index (κ2) is 5.42. The Balaban J connectivity index is 2.27. The molecule has 3 N–H and O–H groups in total. The van der Waals surface area contributed by atoms with Crippen LogP contribution in [0, 0.1) is 0 Å². The van der Waals surface area contributed by atoms with Gasteiger partial charge in [-0.15, -0.1) is 0 Å². The molecule has 0 saturated carbocycles. The maximum absolute atomic E-state index is 5.94. The summed E-state index contributed by atoms with van der Waals surface area (Å²) in [6, 6.07) is 6.94. The number of hydrogen-bond donors (Lipinski definition) is 2. The monoisotopic (exact) mass is 282 g/mol. The molecule has 0 fully saturated rings. The van der Waals surface area contributed by atoms with Gasteiger partial charge in [0.05, 0.1) is 10.0 Å². The molecular formula is C12H12Cl2N4. The number of benzene rings is 1. The lowest BCUT2D eigenvalue weighted by atomic mass is 10.3. The van der Waals surface area contributed by atoms with Gasteiger partial charge in [-0.05, 0) is 18.2 Å². The van der Waals surface area contributed by atoms with Gasteiger partial charge in [-0.1, -0.05) is 30.1 Å². The minimum absolute atomic E-state index is 0.435. The molecule has 2 aromatic rings. The van der Waals surface area contributed by atoms with Crippen LogP contribution in [0.2, 0.25) is 10.0 Å². The third-order valence-corrected chi connectivity index (χ3v) is 3.04. The zero-order valence-electron chi connectivity index (χ0n) is 9.74. The molecule has 0 spiro atoms. The van der Waals surface area contributed by atoms with Gasteiger partial charge in [-0.3, -0.25) is 0 Å². The summed E-state index contributed by atoms with van der Waals surface area (Å²) in [6.45, 7) is 1.97. The van der Waals surface area contributed by atoms with Gasteiger partial charge in [0, 0.05) is 18.2 Å². The van der Waals surface area contributed by atoms with Gasteiger partial charge in [0.2, 0.25) is 0 Å². The normalized spacial score (nSPS) is 10.4. The van der Waals surface area contributed by atoms with Crippen molar-refractivity contribution in [1.82, 2.24) is 9.97 Å². The van der Waals surface area contributed by atoms with E-state index in [1.807, 2.05) is 13.0 Å². The minimum Gasteiger partial charge on any atom is -0.384 e. The van der Waals surface area contributed by atoms with Crippen LogP contribution in [0.15, 0.2) is 24.3 Å². The summed E-state index contributed by atoms with van der Waals surface area (Å²) in [5, 5.41) is 4.11. The Kier molecular flexibility index (Phi) is 3.89. The average Bonchev–Trinajstić information content (AvgIpc) is 2.33. The minimum atomic E-state index is 0.435. The summed E-state index contributed by atoms with van der Waals surface area (Å²) >= 11 is 11.8. The maximum atomic E-state index is 5.94. The van der Waals surface area contributed by atoms with Crippen molar-refractivity contribution in [3.05, 3.63) is 40.1 Å². The first-order valence-corrected chi connectivity index (χ1v) is 6.19. The Morgan fingerprint density at radius 1 is 1.17 bits per heavy atom. The number of halogens is 2. The number of nitrogens with two attached hydrogens (primary N) is 1. The summed E-state index contributed by atoms with van der Waals surface area (Å²) in [6.07, 6.45) is 0.723. The van der Waals surface area contributed by atoms with Gasteiger partial charge < -0.3 is 11.1 Å². The molecule has 0 unspecified atom stereocenters. The zero-order valence-corrected chi connectivity index (χ0v) is 11.3. The summed E-state index contributed by atoms with van der Waals surface area (Å²) in [5.74, 6) is 1.76. The zero-order chi connectivity index (χ0) is 13.1. The Hall–Kier alpha value is -1.52. The third-order valence-electron chi connectivity index (χ3n) is 2.30. The van der Waals surface area contributed by atoms with E-state index in [0.717, 1.165) is 12.1 Å². The van der Waals surface area contributed by atoms with Crippen LogP contribution in [0.1, 0.15) is 12.7 Å². The first-order valence-electron chi connectivity index (χ1n) is 5.44. The summed E-state index contributed by atoms with van der Waals surface area (Å²) < 4.78 is 0. The van der Waals surface area contributed by atoms with Gasteiger partial charge >= 0.3 is 0 Å². The highest BCUT2D eigenvalue weighted by molar-refractivity contribution is 6.42. The van der Waals surface area contributed by atoms with Crippen LogP contribution in [0.5, 0.6) is 0 Å². The van der Waals surface area contributed by atoms with E-state index in [1.54, 1.807) is 18.2 Å². The smallest absolute Gasteiger partial charge is 0.136 e. The highest BCUT2D eigenvalue weighted by Gasteiger charge is 2.03. The number of rotatable bonds is 3. The molecule has 0 saturated heterocycles. The molecule has 94 valence electrons. The fourth-order valence-electron chi connectivity index (χ4n) is 1.46. The molecule has 0 radical (unpaired) electrons. The molecule has 0 atom stereocenters. The van der Waals surface area contributed by atoms with Crippen LogP contribution in [0.3, 0.4) is 0 Å². The topological polar surface area (TPSA) is 63.8 Å². The van der Waals surface area contributed by atoms with E-state index < -0.39 is 0 Å². The predicted octanol–water partition coefficient (Wildman–Crippen LogP) is 3.67. The molecule has 6 heteroatoms. The second-order valence-corrected chi connectivity index (χ2v) is 4.52. The SMILES string of the molecule is CCc1nc(N)cc(Nc2ccc(Cl)c(Cl)c2)n1. The summed E-state index contributed by atoms with van der Waals surface area (Å²) in [7, 11) is 0. The van der Waals surface area contributed by atoms with Gasteiger partial charge in [-0.2, -0.15) is 0 Å². The van der Waals surface area contributed by atoms with E-state index in [4.69, 9.17) is 28.9 Å². The first-order chi connectivity index (χ1) is 8.58. The predicted molar refractivity (Wildman–Crippen MR) is 75.6 cm³/mol. The van der Waals surface area contributed by atoms with Crippen LogP contribution < -0.4 is 11.1 Å². The van der Waals surface area contributed by atoms with Crippen LogP contribution >= 0.6 is 23.2 Å². The average molecular weight is 283 g/mol. The molecule has 2 rings (SSSR count). The van der Waals surface area contributed by atoms with E-state index >= 15 is 0 Å². The van der Waals surface area contributed by atoms with Crippen molar-refractivity contribution in [3.63, 3.8) is 0 Å². The lowest BCUT2D eigenvalue weighted by Crippen LogP contribution is -2.02. The fraction of sp³-hybridized carbons (Fsp3) is 0.167. The third kappa shape index (κ3) is 3.03. The number of nitrogen functional groups attached to an aromatic ring is 1. The van der Waals surface area contributed by atoms with Gasteiger partial charge in [0.1, 0.15) is 17.5 Å². The Bertz CT molecular complexity index is 572. The molecule has 1 aromatic heterocycles. The number of anilines is 3. The Morgan fingerprint density at radius 2 is 1.94 bits per heavy atom. The molecule has 0 amide bonds. The van der Waals surface area contributed by atoms with E-state index in [1.165, 1.54) is 0 Å². The molecule has 18 heavy (non-hydrogen) atoms. The first kappa shape index (κ1) is 12.9. The highest BCUT2D eigenvalue weighted by atomic mass is 35.5. The van der Waals surface area contributed by atoms with Gasteiger partial charge in [-0.25, -0.2) is 9.97 Å². The van der Waals surface area contributed by atoms with Crippen LogP contribution in [-0.2, 0) is 6.42 Å². The Morgan fingerprint density at radius 3 is 2.61 bits per heavy atom. The van der Waals surface area contributed by atoms with Gasteiger partial charge in [0.15, 0.2) is 0 Å². The maximum Gasteiger partial charge on any atom is 0.136 e. The number of hydrogen-bond acceptors (Lipinski definition) is 4. The van der Waals surface area contributed by atoms with Crippen molar-refractivity contribution < 1.29 is 0 Å². The summed E-state index contributed by atoms with van der Waals surface area (Å²) in [5.41, 5.74) is 6.50. The molecule has 0 aliphatic carbocycles. The van der Waals surface area contributed by atoms with E-state index in [2.05, 4.69) is 15.3 Å². The largest absolute Gasteiger partial charge is 0.384 e. The van der Waals surface area contributed by atoms with Crippen molar-refractivity contribution in [2.75, 3.05) is 11.1 Å². The molecule has 0 aliphatic heterocycles. The molecule has 4 nitrogen and oxygen atoms in total. The molecular weight excluding hydrogens is 271 g/mol. The van der Waals surface area contributed by atoms with Crippen LogP contribution in [0.4, 0.5) is 17.3 Å². The fourth-order valence-corrected chi connectivity index (χ4v) is 1.76. The van der Waals surface area contributed by atoms with Gasteiger partial charge in [0.25, 0.3) is 0 Å². The molecule has 1 aromatic carbocycles.